The van der Waals surface area contributed by atoms with Crippen molar-refractivity contribution in [3.05, 3.63) is 34.3 Å². The molecule has 2 rings (SSSR count). The number of rotatable bonds is 4. The first-order chi connectivity index (χ1) is 7.29. The molecule has 1 heterocycles. The molecule has 78 valence electrons. The first-order valence-corrected chi connectivity index (χ1v) is 4.85. The van der Waals surface area contributed by atoms with Gasteiger partial charge in [0.15, 0.2) is 5.58 Å². The second-order valence-electron chi connectivity index (χ2n) is 3.40. The average molecular weight is 205 g/mol. The van der Waals surface area contributed by atoms with Crippen molar-refractivity contribution in [3.63, 3.8) is 0 Å². The highest BCUT2D eigenvalue weighted by atomic mass is 16.4. The molecule has 4 heteroatoms. The highest BCUT2D eigenvalue weighted by molar-refractivity contribution is 5.72. The summed E-state index contributed by atoms with van der Waals surface area (Å²) < 4.78 is 4.93. The molecule has 4 nitrogen and oxygen atoms in total. The van der Waals surface area contributed by atoms with Crippen molar-refractivity contribution >= 4 is 17.4 Å². The van der Waals surface area contributed by atoms with Gasteiger partial charge in [-0.2, -0.15) is 0 Å². The molecule has 0 radical (unpaired) electrons. The van der Waals surface area contributed by atoms with Crippen LogP contribution < -0.4 is 5.76 Å². The lowest BCUT2D eigenvalue weighted by Crippen LogP contribution is -1.92. The predicted molar refractivity (Wildman–Crippen MR) is 55.8 cm³/mol. The van der Waals surface area contributed by atoms with Gasteiger partial charge < -0.3 is 9.21 Å². The number of H-pyrrole nitrogens is 1. The molecule has 15 heavy (non-hydrogen) atoms. The number of carbonyl (C=O) groups excluding carboxylic acids is 1. The van der Waals surface area contributed by atoms with E-state index in [4.69, 9.17) is 4.42 Å². The van der Waals surface area contributed by atoms with E-state index in [1.54, 1.807) is 0 Å². The van der Waals surface area contributed by atoms with Crippen molar-refractivity contribution < 1.29 is 9.21 Å². The Morgan fingerprint density at radius 1 is 1.40 bits per heavy atom. The molecule has 0 atom stereocenters. The van der Waals surface area contributed by atoms with Crippen molar-refractivity contribution in [2.45, 2.75) is 19.3 Å². The third-order valence-corrected chi connectivity index (χ3v) is 2.27. The number of oxazole rings is 1. The van der Waals surface area contributed by atoms with E-state index in [-0.39, 0.29) is 0 Å². The number of aryl methyl sites for hydroxylation is 1. The molecule has 1 aromatic carbocycles. The second kappa shape index (κ2) is 4.13. The summed E-state index contributed by atoms with van der Waals surface area (Å²) in [5, 5.41) is 0. The lowest BCUT2D eigenvalue weighted by Gasteiger charge is -1.97. The number of unbranched alkanes of at least 4 members (excludes halogenated alkanes) is 1. The Hall–Kier alpha value is -1.84. The van der Waals surface area contributed by atoms with Gasteiger partial charge in [0.25, 0.3) is 0 Å². The summed E-state index contributed by atoms with van der Waals surface area (Å²) in [5.41, 5.74) is 2.36. The number of benzene rings is 1. The van der Waals surface area contributed by atoms with Crippen LogP contribution in [-0.2, 0) is 11.2 Å². The topological polar surface area (TPSA) is 63.1 Å². The molecule has 0 aliphatic carbocycles. The summed E-state index contributed by atoms with van der Waals surface area (Å²) in [7, 11) is 0. The van der Waals surface area contributed by atoms with Crippen LogP contribution in [0.4, 0.5) is 0 Å². The summed E-state index contributed by atoms with van der Waals surface area (Å²) >= 11 is 0. The van der Waals surface area contributed by atoms with Crippen molar-refractivity contribution in [3.8, 4) is 0 Å². The van der Waals surface area contributed by atoms with Crippen molar-refractivity contribution in [1.82, 2.24) is 4.98 Å². The third kappa shape index (κ3) is 2.15. The van der Waals surface area contributed by atoms with Crippen LogP contribution in [0.3, 0.4) is 0 Å². The fourth-order valence-electron chi connectivity index (χ4n) is 1.53. The smallest absolute Gasteiger partial charge is 0.408 e. The minimum absolute atomic E-state index is 0.435. The number of aromatic amines is 1. The molecule has 0 bridgehead atoms. The van der Waals surface area contributed by atoms with Crippen LogP contribution in [0.25, 0.3) is 11.1 Å². The van der Waals surface area contributed by atoms with Crippen LogP contribution in [0.15, 0.2) is 27.4 Å². The van der Waals surface area contributed by atoms with Gasteiger partial charge in [-0.25, -0.2) is 4.79 Å². The van der Waals surface area contributed by atoms with E-state index in [2.05, 4.69) is 4.98 Å². The molecular formula is C11H11NO3. The van der Waals surface area contributed by atoms with E-state index in [0.717, 1.165) is 24.7 Å². The van der Waals surface area contributed by atoms with Gasteiger partial charge in [-0.1, -0.05) is 6.07 Å². The van der Waals surface area contributed by atoms with E-state index in [1.165, 1.54) is 0 Å². The maximum absolute atomic E-state index is 10.9. The highest BCUT2D eigenvalue weighted by Gasteiger charge is 2.01. The molecule has 0 aliphatic heterocycles. The first-order valence-electron chi connectivity index (χ1n) is 4.85. The number of aldehydes is 1. The Kier molecular flexibility index (Phi) is 2.67. The largest absolute Gasteiger partial charge is 0.417 e. The summed E-state index contributed by atoms with van der Waals surface area (Å²) in [6.45, 7) is 0. The lowest BCUT2D eigenvalue weighted by molar-refractivity contribution is -0.107. The van der Waals surface area contributed by atoms with Crippen molar-refractivity contribution in [2.24, 2.45) is 0 Å². The molecule has 1 N–H and O–H groups in total. The normalized spacial score (nSPS) is 10.7. The fourth-order valence-corrected chi connectivity index (χ4v) is 1.53. The maximum atomic E-state index is 10.9. The quantitative estimate of drug-likeness (QED) is 0.609. The minimum Gasteiger partial charge on any atom is -0.408 e. The third-order valence-electron chi connectivity index (χ3n) is 2.27. The van der Waals surface area contributed by atoms with Crippen molar-refractivity contribution in [2.75, 3.05) is 0 Å². The van der Waals surface area contributed by atoms with E-state index in [0.29, 0.717) is 17.5 Å². The van der Waals surface area contributed by atoms with E-state index < -0.39 is 5.76 Å². The Labute approximate surface area is 85.9 Å². The standard InChI is InChI=1S/C11H11NO3/c13-6-2-1-3-8-4-5-9-10(7-8)15-11(14)12-9/h4-7H,1-3H2,(H,12,14). The molecule has 0 saturated carbocycles. The summed E-state index contributed by atoms with van der Waals surface area (Å²) in [5.74, 6) is -0.435. The number of hydrogen-bond acceptors (Lipinski definition) is 3. The van der Waals surface area contributed by atoms with Crippen LogP contribution >= 0.6 is 0 Å². The van der Waals surface area contributed by atoms with Crippen LogP contribution in [-0.4, -0.2) is 11.3 Å². The van der Waals surface area contributed by atoms with Gasteiger partial charge in [0.2, 0.25) is 0 Å². The summed E-state index contributed by atoms with van der Waals surface area (Å²) in [6.07, 6.45) is 3.12. The van der Waals surface area contributed by atoms with Crippen LogP contribution in [0.2, 0.25) is 0 Å². The molecule has 0 aliphatic rings. The lowest BCUT2D eigenvalue weighted by atomic mass is 10.1. The SMILES string of the molecule is O=CCCCc1ccc2[nH]c(=O)oc2c1. The van der Waals surface area contributed by atoms with Crippen LogP contribution in [0.5, 0.6) is 0 Å². The zero-order valence-electron chi connectivity index (χ0n) is 8.16. The van der Waals surface area contributed by atoms with Gasteiger partial charge in [0.1, 0.15) is 6.29 Å². The van der Waals surface area contributed by atoms with Gasteiger partial charge in [-0.15, -0.1) is 0 Å². The first kappa shape index (κ1) is 9.71. The molecule has 1 aromatic heterocycles. The van der Waals surface area contributed by atoms with Gasteiger partial charge in [0.05, 0.1) is 5.52 Å². The van der Waals surface area contributed by atoms with Gasteiger partial charge >= 0.3 is 5.76 Å². The van der Waals surface area contributed by atoms with E-state index in [9.17, 15) is 9.59 Å². The summed E-state index contributed by atoms with van der Waals surface area (Å²) in [4.78, 5) is 23.6. The number of fused-ring (bicyclic) bond motifs is 1. The van der Waals surface area contributed by atoms with Gasteiger partial charge in [-0.3, -0.25) is 4.98 Å². The molecule has 0 spiro atoms. The monoisotopic (exact) mass is 205 g/mol. The number of nitrogens with one attached hydrogen (secondary N) is 1. The van der Waals surface area contributed by atoms with Crippen LogP contribution in [0, 0.1) is 0 Å². The predicted octanol–water partition coefficient (Wildman–Crippen LogP) is 1.64. The van der Waals surface area contributed by atoms with E-state index in [1.807, 2.05) is 18.2 Å². The van der Waals surface area contributed by atoms with Crippen molar-refractivity contribution in [1.29, 1.82) is 0 Å². The molecule has 0 unspecified atom stereocenters. The Bertz CT molecular complexity index is 524. The zero-order chi connectivity index (χ0) is 10.7. The number of aromatic nitrogens is 1. The minimum atomic E-state index is -0.435. The number of carbonyl (C=O) groups is 1. The molecule has 2 aromatic rings. The maximum Gasteiger partial charge on any atom is 0.417 e. The molecule has 0 amide bonds. The Morgan fingerprint density at radius 3 is 3.07 bits per heavy atom. The number of hydrogen-bond donors (Lipinski definition) is 1. The van der Waals surface area contributed by atoms with E-state index >= 15 is 0 Å². The summed E-state index contributed by atoms with van der Waals surface area (Å²) in [6, 6.07) is 5.58. The van der Waals surface area contributed by atoms with Crippen LogP contribution in [0.1, 0.15) is 18.4 Å². The van der Waals surface area contributed by atoms with Gasteiger partial charge in [0, 0.05) is 6.42 Å². The Balaban J connectivity index is 2.22. The van der Waals surface area contributed by atoms with Gasteiger partial charge in [-0.05, 0) is 30.5 Å². The second-order valence-corrected chi connectivity index (χ2v) is 3.40. The molecule has 0 saturated heterocycles. The fraction of sp³-hybridized carbons (Fsp3) is 0.273. The molecule has 0 fully saturated rings. The Morgan fingerprint density at radius 2 is 2.27 bits per heavy atom. The average Bonchev–Trinajstić information content (AvgIpc) is 2.57. The zero-order valence-corrected chi connectivity index (χ0v) is 8.16. The molecular weight excluding hydrogens is 194 g/mol. The highest BCUT2D eigenvalue weighted by Crippen LogP contribution is 2.13.